The van der Waals surface area contributed by atoms with Crippen LogP contribution < -0.4 is 4.74 Å². The van der Waals surface area contributed by atoms with Gasteiger partial charge in [-0.2, -0.15) is 13.2 Å². The number of phenolic OH excluding ortho intramolecular Hbond substituents is 1. The fourth-order valence-corrected chi connectivity index (χ4v) is 14.0. The fourth-order valence-electron chi connectivity index (χ4n) is 11.2. The Kier molecular flexibility index (Phi) is 27.7. The Balaban J connectivity index is 0.000000200. The number of carbonyl (C=O) groups excluding carboxylic acids is 6. The fraction of sp³-hybridized carbons (Fsp3) is 0.538. The predicted octanol–water partition coefficient (Wildman–Crippen LogP) is 15.3. The first-order valence-corrected chi connectivity index (χ1v) is 37.3. The highest BCUT2D eigenvalue weighted by atomic mass is 32.2. The van der Waals surface area contributed by atoms with Gasteiger partial charge in [-0.3, -0.25) is 28.8 Å². The highest BCUT2D eigenvalue weighted by Gasteiger charge is 2.72. The molecular weight excluding hydrogens is 1350 g/mol. The molecule has 9 unspecified atom stereocenters. The van der Waals surface area contributed by atoms with Crippen molar-refractivity contribution in [2.24, 2.45) is 28.1 Å². The van der Waals surface area contributed by atoms with Crippen LogP contribution in [0.1, 0.15) is 185 Å². The summed E-state index contributed by atoms with van der Waals surface area (Å²) in [7, 11) is -5.48. The van der Waals surface area contributed by atoms with Gasteiger partial charge in [-0.25, -0.2) is 8.42 Å². The third-order valence-corrected chi connectivity index (χ3v) is 23.1. The average Bonchev–Trinajstić information content (AvgIpc) is 1.54. The molecule has 23 heteroatoms. The zero-order chi connectivity index (χ0) is 75.4. The van der Waals surface area contributed by atoms with Gasteiger partial charge in [-0.15, -0.1) is 0 Å². The lowest BCUT2D eigenvalue weighted by Gasteiger charge is -2.31. The summed E-state index contributed by atoms with van der Waals surface area (Å²) >= 11 is 0. The molecule has 1 saturated carbocycles. The monoisotopic (exact) mass is 1450 g/mol. The molecule has 6 aliphatic rings. The first kappa shape index (κ1) is 82.6. The van der Waals surface area contributed by atoms with Gasteiger partial charge in [0.15, 0.2) is 40.5 Å². The molecule has 5 heterocycles. The standard InChI is InChI=1S/C18H13OS.C17H21F3O10S.C14H22O.C11H18O3.C11H16O.C7H12O2/c1-2-8-14(9-3-1)20-17-12-6-4-10-15(17)19-16-11-5-7-13-18(16)20;1-4-16(2,3)15(23)30-12-10-7(8-9(28-10)11(12)29-14(8)22)13(21)27-6(17(18,19)20)5-31(24,25)26;1-6-13(2,3)11-7-9-12(10-8-11)14(4,5)15;1-4-11(2,3)10(13)14-9-7-5-6-8(9)12;1-4-11(2,3)9-5-7-10(12)8-6-9;1-3-7(2)4-5-9-6(7)8/h1-13H;6-12H,4-5H2,1-3H3,(H,24,25,26);7-10,15H,6H2,1-5H3;9H,4-7H2,1-3H3;5-8,12H,4H2,1-3H3;3-5H2,1-2H3/q+1;;;;;/p-1. The summed E-state index contributed by atoms with van der Waals surface area (Å²) in [6, 6.07) is 43.0. The summed E-state index contributed by atoms with van der Waals surface area (Å²) in [5.41, 5.74) is 1.71. The summed E-state index contributed by atoms with van der Waals surface area (Å²) in [6.07, 6.45) is -6.43. The van der Waals surface area contributed by atoms with Crippen LogP contribution in [0.2, 0.25) is 0 Å². The second kappa shape index (κ2) is 33.9. The summed E-state index contributed by atoms with van der Waals surface area (Å²) in [5, 5.41) is 18.9. The van der Waals surface area contributed by atoms with Crippen LogP contribution in [0.5, 0.6) is 17.2 Å². The largest absolute Gasteiger partial charge is 0.748 e. The molecule has 0 amide bonds. The normalized spacial score (nSPS) is 22.3. The Morgan fingerprint density at radius 2 is 1.15 bits per heavy atom. The van der Waals surface area contributed by atoms with Crippen LogP contribution >= 0.6 is 0 Å². The van der Waals surface area contributed by atoms with Crippen LogP contribution in [0.4, 0.5) is 13.2 Å². The molecule has 554 valence electrons. The summed E-state index contributed by atoms with van der Waals surface area (Å²) in [5.74, 6) is -6.09. The van der Waals surface area contributed by atoms with Gasteiger partial charge in [0, 0.05) is 6.42 Å². The van der Waals surface area contributed by atoms with Crippen LogP contribution in [0.15, 0.2) is 142 Å². The highest BCUT2D eigenvalue weighted by molar-refractivity contribution is 7.97. The number of hydrogen-bond donors (Lipinski definition) is 2. The highest BCUT2D eigenvalue weighted by Crippen LogP contribution is 2.53. The van der Waals surface area contributed by atoms with Gasteiger partial charge in [0.25, 0.3) is 0 Å². The first-order valence-electron chi connectivity index (χ1n) is 34.5. The van der Waals surface area contributed by atoms with Crippen LogP contribution in [-0.2, 0) is 94.6 Å². The summed E-state index contributed by atoms with van der Waals surface area (Å²) in [4.78, 5) is 74.8. The maximum absolute atomic E-state index is 13.1. The van der Waals surface area contributed by atoms with Crippen molar-refractivity contribution < 1.29 is 98.3 Å². The van der Waals surface area contributed by atoms with E-state index in [1.165, 1.54) is 25.8 Å². The van der Waals surface area contributed by atoms with E-state index in [0.717, 1.165) is 55.6 Å². The number of aromatic hydroxyl groups is 1. The molecule has 5 aromatic carbocycles. The van der Waals surface area contributed by atoms with Gasteiger partial charge >= 0.3 is 36.0 Å². The minimum atomic E-state index is -5.39. The minimum absolute atomic E-state index is 0.0231. The SMILES string of the molecule is CCC(C)(C)C(=O)OC1C2OC(=O)C3C2OC1C3C(=O)OC(CS(=O)(=O)[O-])C(F)(F)F.CCC(C)(C)C(=O)OC1CCCC1=O.CCC(C)(C)c1ccc(C(C)(C)O)cc1.CCC(C)(C)c1ccc(O)cc1.CCC1(C)CCOC1=O.c1ccc([S+]2c3ccccc3Oc3ccccc32)cc1. The maximum Gasteiger partial charge on any atom is 0.426 e. The van der Waals surface area contributed by atoms with Crippen LogP contribution in [0.3, 0.4) is 0 Å². The Labute approximate surface area is 596 Å². The van der Waals surface area contributed by atoms with E-state index in [9.17, 15) is 60.0 Å². The van der Waals surface area contributed by atoms with Crippen molar-refractivity contribution in [2.45, 2.75) is 242 Å². The molecule has 5 aromatic rings. The molecule has 5 fully saturated rings. The average molecular weight is 1450 g/mol. The molecule has 4 saturated heterocycles. The third kappa shape index (κ3) is 21.2. The first-order chi connectivity index (χ1) is 47.0. The number of phenols is 1. The van der Waals surface area contributed by atoms with Gasteiger partial charge in [-0.05, 0) is 176 Å². The Bertz CT molecular complexity index is 3710. The Morgan fingerprint density at radius 1 is 0.663 bits per heavy atom. The molecule has 2 N–H and O–H groups in total. The number of fused-ring (bicyclic) bond motifs is 3. The van der Waals surface area contributed by atoms with Crippen molar-refractivity contribution in [1.29, 1.82) is 0 Å². The Morgan fingerprint density at radius 3 is 1.57 bits per heavy atom. The second-order valence-corrected chi connectivity index (χ2v) is 32.8. The molecular formula is C78H101F3O18S2. The van der Waals surface area contributed by atoms with Gasteiger partial charge < -0.3 is 47.9 Å². The molecule has 5 aliphatic heterocycles. The lowest BCUT2D eigenvalue weighted by molar-refractivity contribution is -0.219. The van der Waals surface area contributed by atoms with E-state index in [4.69, 9.17) is 33.5 Å². The number of esters is 5. The predicted molar refractivity (Wildman–Crippen MR) is 375 cm³/mol. The quantitative estimate of drug-likeness (QED) is 0.0372. The van der Waals surface area contributed by atoms with E-state index in [1.54, 1.807) is 32.9 Å². The molecule has 11 rings (SSSR count). The number of hydrogen-bond acceptors (Lipinski definition) is 18. The minimum Gasteiger partial charge on any atom is -0.748 e. The van der Waals surface area contributed by atoms with Crippen molar-refractivity contribution >= 4 is 56.6 Å². The molecule has 18 nitrogen and oxygen atoms in total. The number of halogens is 3. The lowest BCUT2D eigenvalue weighted by Crippen LogP contribution is -2.50. The maximum atomic E-state index is 13.1. The number of ketones is 1. The molecule has 2 bridgehead atoms. The van der Waals surface area contributed by atoms with E-state index in [-0.39, 0.29) is 44.9 Å². The topological polar surface area (TPSA) is 265 Å². The number of Topliss-reactive ketones (excluding diaryl/α,β-unsaturated/α-hetero) is 1. The van der Waals surface area contributed by atoms with Gasteiger partial charge in [0.1, 0.15) is 40.7 Å². The zero-order valence-electron chi connectivity index (χ0n) is 60.9. The number of cyclic esters (lactones) is 1. The Hall–Kier alpha value is -7.31. The van der Waals surface area contributed by atoms with Crippen LogP contribution in [-0.4, -0.2) is 114 Å². The lowest BCUT2D eigenvalue weighted by atomic mass is 9.78. The van der Waals surface area contributed by atoms with Crippen LogP contribution in [0.25, 0.3) is 0 Å². The van der Waals surface area contributed by atoms with Crippen molar-refractivity contribution in [3.8, 4) is 17.2 Å². The van der Waals surface area contributed by atoms with Gasteiger partial charge in [-0.1, -0.05) is 141 Å². The zero-order valence-corrected chi connectivity index (χ0v) is 62.5. The van der Waals surface area contributed by atoms with E-state index in [0.29, 0.717) is 31.6 Å². The number of ether oxygens (including phenoxy) is 7. The molecule has 0 spiro atoms. The van der Waals surface area contributed by atoms with Gasteiger partial charge in [0.05, 0.1) is 44.3 Å². The van der Waals surface area contributed by atoms with E-state index in [2.05, 4.69) is 113 Å². The van der Waals surface area contributed by atoms with Crippen molar-refractivity contribution in [3.63, 3.8) is 0 Å². The molecule has 0 radical (unpaired) electrons. The number of carbonyl (C=O) groups is 6. The number of benzene rings is 5. The van der Waals surface area contributed by atoms with E-state index < -0.39 is 105 Å². The molecule has 1 aliphatic carbocycles. The van der Waals surface area contributed by atoms with Crippen molar-refractivity contribution in [2.75, 3.05) is 12.4 Å². The van der Waals surface area contributed by atoms with E-state index in [1.807, 2.05) is 97.0 Å². The molecule has 0 aromatic heterocycles. The third-order valence-electron chi connectivity index (χ3n) is 20.1. The number of para-hydroxylation sites is 2. The summed E-state index contributed by atoms with van der Waals surface area (Å²) < 4.78 is 108. The number of aliphatic hydroxyl groups is 1. The van der Waals surface area contributed by atoms with Crippen LogP contribution in [0, 0.1) is 28.1 Å². The van der Waals surface area contributed by atoms with Crippen molar-refractivity contribution in [1.82, 2.24) is 0 Å². The molecule has 101 heavy (non-hydrogen) atoms. The smallest absolute Gasteiger partial charge is 0.426 e. The summed E-state index contributed by atoms with van der Waals surface area (Å²) in [6.45, 7) is 32.0. The van der Waals surface area contributed by atoms with Gasteiger partial charge in [0.2, 0.25) is 15.9 Å². The number of alkyl halides is 3. The van der Waals surface area contributed by atoms with Crippen molar-refractivity contribution in [3.05, 3.63) is 144 Å². The number of rotatable bonds is 17. The second-order valence-electron chi connectivity index (χ2n) is 29.4. The van der Waals surface area contributed by atoms with E-state index >= 15 is 0 Å². The molecule has 9 atom stereocenters.